The van der Waals surface area contributed by atoms with Crippen molar-refractivity contribution in [2.75, 3.05) is 33.1 Å². The lowest BCUT2D eigenvalue weighted by atomic mass is 10.0. The van der Waals surface area contributed by atoms with Crippen LogP contribution in [0.5, 0.6) is 0 Å². The minimum atomic E-state index is -0.677. The highest BCUT2D eigenvalue weighted by Gasteiger charge is 2.22. The van der Waals surface area contributed by atoms with E-state index in [0.29, 0.717) is 16.8 Å². The van der Waals surface area contributed by atoms with Crippen molar-refractivity contribution < 1.29 is 19.1 Å². The van der Waals surface area contributed by atoms with Gasteiger partial charge < -0.3 is 25.7 Å². The molecule has 0 spiro atoms. The number of benzene rings is 1. The fraction of sp³-hybridized carbons (Fsp3) is 0.318. The van der Waals surface area contributed by atoms with Gasteiger partial charge in [0.2, 0.25) is 0 Å². The highest BCUT2D eigenvalue weighted by Crippen LogP contribution is 2.11. The molecule has 1 aromatic carbocycles. The normalized spacial score (nSPS) is 12.1. The SMILES string of the molecule is COC[C@H](C)NC(=O)/C(=C/C(=N)c1ccc(C(=O)N(C)C)cc1)C(=O)Nc1cnn(C)c1. The Bertz CT molecular complexity index is 1020. The molecule has 3 N–H and O–H groups in total. The van der Waals surface area contributed by atoms with Crippen LogP contribution < -0.4 is 10.6 Å². The molecule has 2 aromatic rings. The fourth-order valence-corrected chi connectivity index (χ4v) is 2.79. The summed E-state index contributed by atoms with van der Waals surface area (Å²) < 4.78 is 6.53. The average Bonchev–Trinajstić information content (AvgIpc) is 3.15. The molecule has 0 aliphatic carbocycles. The van der Waals surface area contributed by atoms with Crippen molar-refractivity contribution >= 4 is 29.1 Å². The topological polar surface area (TPSA) is 129 Å². The number of rotatable bonds is 9. The van der Waals surface area contributed by atoms with Crippen molar-refractivity contribution in [1.29, 1.82) is 5.41 Å². The van der Waals surface area contributed by atoms with Gasteiger partial charge in [-0.25, -0.2) is 0 Å². The van der Waals surface area contributed by atoms with Crippen molar-refractivity contribution in [2.45, 2.75) is 13.0 Å². The van der Waals surface area contributed by atoms with E-state index in [1.807, 2.05) is 0 Å². The number of amides is 3. The Labute approximate surface area is 186 Å². The van der Waals surface area contributed by atoms with Crippen molar-refractivity contribution in [2.24, 2.45) is 7.05 Å². The zero-order valence-corrected chi connectivity index (χ0v) is 18.8. The number of nitrogens with zero attached hydrogens (tertiary/aromatic N) is 3. The van der Waals surface area contributed by atoms with Gasteiger partial charge in [0.1, 0.15) is 5.57 Å². The summed E-state index contributed by atoms with van der Waals surface area (Å²) in [5, 5.41) is 17.7. The maximum absolute atomic E-state index is 12.8. The summed E-state index contributed by atoms with van der Waals surface area (Å²) in [4.78, 5) is 39.1. The van der Waals surface area contributed by atoms with Gasteiger partial charge in [0, 0.05) is 46.1 Å². The molecule has 0 saturated carbocycles. The molecule has 170 valence electrons. The minimum absolute atomic E-state index is 0.0558. The minimum Gasteiger partial charge on any atom is -0.383 e. The molecule has 10 heteroatoms. The van der Waals surface area contributed by atoms with E-state index in [2.05, 4.69) is 15.7 Å². The van der Waals surface area contributed by atoms with Crippen LogP contribution in [0, 0.1) is 5.41 Å². The first-order valence-electron chi connectivity index (χ1n) is 9.84. The maximum atomic E-state index is 12.8. The number of carbonyl (C=O) groups is 3. The van der Waals surface area contributed by atoms with E-state index < -0.39 is 11.8 Å². The summed E-state index contributed by atoms with van der Waals surface area (Å²) in [7, 11) is 6.51. The molecular formula is C22H28N6O4. The molecule has 0 unspecified atom stereocenters. The Kier molecular flexibility index (Phi) is 8.42. The van der Waals surface area contributed by atoms with E-state index in [-0.39, 0.29) is 29.8 Å². The summed E-state index contributed by atoms with van der Waals surface area (Å²) in [5.74, 6) is -1.48. The summed E-state index contributed by atoms with van der Waals surface area (Å²) in [6, 6.07) is 6.04. The molecule has 2 rings (SSSR count). The predicted molar refractivity (Wildman–Crippen MR) is 121 cm³/mol. The van der Waals surface area contributed by atoms with Gasteiger partial charge in [0.15, 0.2) is 0 Å². The number of hydrogen-bond donors (Lipinski definition) is 3. The van der Waals surface area contributed by atoms with Crippen LogP contribution in [0.1, 0.15) is 22.8 Å². The lowest BCUT2D eigenvalue weighted by Crippen LogP contribution is -2.39. The standard InChI is InChI=1S/C22H28N6O4/c1-14(13-32-5)25-20(29)18(21(30)26-17-11-24-28(4)12-17)10-19(23)15-6-8-16(9-7-15)22(31)27(2)3/h6-12,14,23H,13H2,1-5H3,(H,25,29)(H,26,30)/b18-10-,23-19?/t14-/m0/s1. The number of carbonyl (C=O) groups excluding carboxylic acids is 3. The molecule has 32 heavy (non-hydrogen) atoms. The van der Waals surface area contributed by atoms with Gasteiger partial charge in [-0.3, -0.25) is 19.1 Å². The second kappa shape index (κ2) is 11.0. The quantitative estimate of drug-likeness (QED) is 0.234. The highest BCUT2D eigenvalue weighted by molar-refractivity contribution is 6.27. The summed E-state index contributed by atoms with van der Waals surface area (Å²) >= 11 is 0. The number of methoxy groups -OCH3 is 1. The molecule has 0 aliphatic rings. The first kappa shape index (κ1) is 24.5. The van der Waals surface area contributed by atoms with Crippen LogP contribution in [0.4, 0.5) is 5.69 Å². The van der Waals surface area contributed by atoms with Gasteiger partial charge in [-0.15, -0.1) is 0 Å². The molecule has 0 fully saturated rings. The summed E-state index contributed by atoms with van der Waals surface area (Å²) in [5.41, 5.74) is 1.04. The number of aromatic nitrogens is 2. The number of anilines is 1. The van der Waals surface area contributed by atoms with Gasteiger partial charge in [-0.05, 0) is 30.7 Å². The van der Waals surface area contributed by atoms with Crippen molar-refractivity contribution in [3.63, 3.8) is 0 Å². The number of aryl methyl sites for hydroxylation is 1. The van der Waals surface area contributed by atoms with E-state index in [4.69, 9.17) is 10.1 Å². The third-order valence-electron chi connectivity index (χ3n) is 4.38. The van der Waals surface area contributed by atoms with Crippen LogP contribution in [0.15, 0.2) is 48.3 Å². The van der Waals surface area contributed by atoms with E-state index in [9.17, 15) is 14.4 Å². The Morgan fingerprint density at radius 1 is 1.19 bits per heavy atom. The lowest BCUT2D eigenvalue weighted by Gasteiger charge is -2.15. The van der Waals surface area contributed by atoms with Crippen molar-refractivity contribution in [3.05, 3.63) is 59.4 Å². The molecule has 0 bridgehead atoms. The predicted octanol–water partition coefficient (Wildman–Crippen LogP) is 1.21. The second-order valence-electron chi connectivity index (χ2n) is 7.44. The monoisotopic (exact) mass is 440 g/mol. The van der Waals surface area contributed by atoms with Crippen LogP contribution in [0.2, 0.25) is 0 Å². The smallest absolute Gasteiger partial charge is 0.261 e. The lowest BCUT2D eigenvalue weighted by molar-refractivity contribution is -0.122. The molecular weight excluding hydrogens is 412 g/mol. The van der Waals surface area contributed by atoms with E-state index in [1.165, 1.54) is 29.0 Å². The van der Waals surface area contributed by atoms with Crippen LogP contribution in [-0.4, -0.2) is 72.0 Å². The molecule has 3 amide bonds. The maximum Gasteiger partial charge on any atom is 0.261 e. The molecule has 0 radical (unpaired) electrons. The number of nitrogens with one attached hydrogen (secondary N) is 3. The zero-order chi connectivity index (χ0) is 23.8. The number of ether oxygens (including phenoxy) is 1. The van der Waals surface area contributed by atoms with Crippen molar-refractivity contribution in [3.8, 4) is 0 Å². The third kappa shape index (κ3) is 6.61. The van der Waals surface area contributed by atoms with Crippen LogP contribution >= 0.6 is 0 Å². The Balaban J connectivity index is 2.30. The van der Waals surface area contributed by atoms with E-state index >= 15 is 0 Å². The first-order chi connectivity index (χ1) is 15.1. The molecule has 1 atom stereocenters. The van der Waals surface area contributed by atoms with E-state index in [1.54, 1.807) is 58.5 Å². The third-order valence-corrected chi connectivity index (χ3v) is 4.38. The fourth-order valence-electron chi connectivity index (χ4n) is 2.79. The van der Waals surface area contributed by atoms with E-state index in [0.717, 1.165) is 0 Å². The second-order valence-corrected chi connectivity index (χ2v) is 7.44. The Morgan fingerprint density at radius 2 is 1.81 bits per heavy atom. The Hall–Kier alpha value is -3.79. The van der Waals surface area contributed by atoms with Gasteiger partial charge in [0.05, 0.1) is 24.2 Å². The van der Waals surface area contributed by atoms with Crippen LogP contribution in [-0.2, 0) is 21.4 Å². The summed E-state index contributed by atoms with van der Waals surface area (Å²) in [6.45, 7) is 2.01. The van der Waals surface area contributed by atoms with Crippen LogP contribution in [0.25, 0.3) is 0 Å². The highest BCUT2D eigenvalue weighted by atomic mass is 16.5. The molecule has 10 nitrogen and oxygen atoms in total. The molecule has 0 saturated heterocycles. The number of hydrogen-bond acceptors (Lipinski definition) is 6. The zero-order valence-electron chi connectivity index (χ0n) is 18.8. The van der Waals surface area contributed by atoms with Gasteiger partial charge >= 0.3 is 0 Å². The molecule has 1 heterocycles. The summed E-state index contributed by atoms with van der Waals surface area (Å²) in [6.07, 6.45) is 4.24. The molecule has 0 aliphatic heterocycles. The molecule has 1 aromatic heterocycles. The van der Waals surface area contributed by atoms with Crippen molar-refractivity contribution in [1.82, 2.24) is 20.0 Å². The first-order valence-corrected chi connectivity index (χ1v) is 9.84. The van der Waals surface area contributed by atoms with Gasteiger partial charge in [0.25, 0.3) is 17.7 Å². The average molecular weight is 441 g/mol. The number of allylic oxidation sites excluding steroid dienone is 1. The van der Waals surface area contributed by atoms with Crippen LogP contribution in [0.3, 0.4) is 0 Å². The van der Waals surface area contributed by atoms with Gasteiger partial charge in [-0.2, -0.15) is 5.10 Å². The Morgan fingerprint density at radius 3 is 2.34 bits per heavy atom. The largest absolute Gasteiger partial charge is 0.383 e. The van der Waals surface area contributed by atoms with Gasteiger partial charge in [-0.1, -0.05) is 12.1 Å².